The highest BCUT2D eigenvalue weighted by molar-refractivity contribution is 5.95. The second-order valence-corrected chi connectivity index (χ2v) is 10.7. The first-order chi connectivity index (χ1) is 16.4. The Balaban J connectivity index is 1.14. The summed E-state index contributed by atoms with van der Waals surface area (Å²) in [6, 6.07) is 11.6. The summed E-state index contributed by atoms with van der Waals surface area (Å²) < 4.78 is 0. The fourth-order valence-corrected chi connectivity index (χ4v) is 6.96. The van der Waals surface area contributed by atoms with Crippen LogP contribution in [0.4, 0.5) is 17.5 Å². The van der Waals surface area contributed by atoms with E-state index in [1.165, 1.54) is 19.3 Å². The van der Waals surface area contributed by atoms with Gasteiger partial charge in [-0.1, -0.05) is 0 Å². The van der Waals surface area contributed by atoms with Crippen molar-refractivity contribution in [1.82, 2.24) is 20.3 Å². The van der Waals surface area contributed by atoms with Gasteiger partial charge in [0.25, 0.3) is 5.91 Å². The molecule has 2 heterocycles. The van der Waals surface area contributed by atoms with E-state index in [2.05, 4.69) is 25.2 Å². The number of hydrogen-bond acceptors (Lipinski definition) is 7. The zero-order valence-corrected chi connectivity index (χ0v) is 19.5. The minimum absolute atomic E-state index is 0.0271. The average molecular weight is 458 g/mol. The minimum Gasteiger partial charge on any atom is -0.382 e. The lowest BCUT2D eigenvalue weighted by molar-refractivity contribution is -0.0167. The number of fused-ring (bicyclic) bond motifs is 1. The van der Waals surface area contributed by atoms with Crippen molar-refractivity contribution in [2.75, 3.05) is 23.4 Å². The number of nitrogens with one attached hydrogen (secondary N) is 1. The molecule has 34 heavy (non-hydrogen) atoms. The van der Waals surface area contributed by atoms with Crippen molar-refractivity contribution in [3.05, 3.63) is 47.7 Å². The van der Waals surface area contributed by atoms with Crippen LogP contribution in [0, 0.1) is 17.8 Å². The molecule has 8 heteroatoms. The van der Waals surface area contributed by atoms with Crippen LogP contribution in [-0.2, 0) is 6.54 Å². The van der Waals surface area contributed by atoms with E-state index in [0.29, 0.717) is 17.6 Å². The second-order valence-electron chi connectivity index (χ2n) is 10.7. The predicted octanol–water partition coefficient (Wildman–Crippen LogP) is 3.52. The summed E-state index contributed by atoms with van der Waals surface area (Å²) in [5, 5.41) is 3.46. The quantitative estimate of drug-likeness (QED) is 0.535. The Morgan fingerprint density at radius 3 is 2.26 bits per heavy atom. The van der Waals surface area contributed by atoms with Crippen LogP contribution < -0.4 is 21.7 Å². The molecule has 4 aliphatic rings. The van der Waals surface area contributed by atoms with E-state index >= 15 is 0 Å². The fourth-order valence-electron chi connectivity index (χ4n) is 6.96. The van der Waals surface area contributed by atoms with E-state index in [9.17, 15) is 4.79 Å². The molecule has 0 saturated heterocycles. The van der Waals surface area contributed by atoms with E-state index in [4.69, 9.17) is 11.5 Å². The largest absolute Gasteiger partial charge is 0.382 e. The number of rotatable bonds is 5. The molecule has 0 atom stereocenters. The Morgan fingerprint density at radius 2 is 1.62 bits per heavy atom. The number of nitrogens with zero attached hydrogens (tertiary/aromatic N) is 4. The zero-order chi connectivity index (χ0) is 23.4. The van der Waals surface area contributed by atoms with Gasteiger partial charge in [0.1, 0.15) is 5.52 Å². The van der Waals surface area contributed by atoms with Crippen LogP contribution >= 0.6 is 0 Å². The molecule has 5 N–H and O–H groups in total. The van der Waals surface area contributed by atoms with Gasteiger partial charge in [0, 0.05) is 23.8 Å². The van der Waals surface area contributed by atoms with E-state index in [-0.39, 0.29) is 23.2 Å². The minimum atomic E-state index is 0.0271. The molecule has 8 nitrogen and oxygen atoms in total. The van der Waals surface area contributed by atoms with Crippen LogP contribution in [0.15, 0.2) is 36.4 Å². The molecule has 1 amide bonds. The molecule has 4 bridgehead atoms. The van der Waals surface area contributed by atoms with Crippen molar-refractivity contribution in [2.45, 2.75) is 50.6 Å². The van der Waals surface area contributed by atoms with Gasteiger partial charge in [0.2, 0.25) is 5.95 Å². The van der Waals surface area contributed by atoms with Crippen molar-refractivity contribution in [2.24, 2.45) is 17.8 Å². The fraction of sp³-hybridized carbons (Fsp3) is 0.462. The van der Waals surface area contributed by atoms with E-state index < -0.39 is 0 Å². The van der Waals surface area contributed by atoms with Gasteiger partial charge >= 0.3 is 0 Å². The van der Waals surface area contributed by atoms with Gasteiger partial charge < -0.3 is 21.7 Å². The van der Waals surface area contributed by atoms with Gasteiger partial charge in [-0.05, 0) is 92.7 Å². The van der Waals surface area contributed by atoms with Gasteiger partial charge in [-0.3, -0.25) is 4.79 Å². The first-order valence-electron chi connectivity index (χ1n) is 12.2. The van der Waals surface area contributed by atoms with Crippen molar-refractivity contribution in [3.8, 4) is 0 Å². The highest BCUT2D eigenvalue weighted by Crippen LogP contribution is 2.55. The monoisotopic (exact) mass is 457 g/mol. The number of pyridine rings is 1. The summed E-state index contributed by atoms with van der Waals surface area (Å²) in [5.41, 5.74) is 15.4. The molecule has 0 spiro atoms. The first kappa shape index (κ1) is 21.1. The van der Waals surface area contributed by atoms with Gasteiger partial charge in [-0.2, -0.15) is 4.98 Å². The van der Waals surface area contributed by atoms with E-state index in [1.54, 1.807) is 0 Å². The number of carbonyl (C=O) groups excluding carboxylic acids is 1. The number of anilines is 3. The molecule has 176 valence electrons. The summed E-state index contributed by atoms with van der Waals surface area (Å²) in [5.74, 6) is 2.91. The third kappa shape index (κ3) is 3.81. The lowest BCUT2D eigenvalue weighted by Crippen LogP contribution is -2.59. The maximum Gasteiger partial charge on any atom is 0.251 e. The maximum atomic E-state index is 13.1. The second kappa shape index (κ2) is 7.82. The standard InChI is InChI=1S/C26H31N7O/c1-33(14-19-4-7-21-22(29-19)23(27)31-25(28)30-21)20-5-2-18(3-6-20)24(34)32-26-11-15-8-16(12-26)10-17(9-15)13-26/h2-7,15-17H,8-14H2,1H3,(H,32,34)(H4,27,28,30,31). The summed E-state index contributed by atoms with van der Waals surface area (Å²) in [6.45, 7) is 0.582. The Hall–Kier alpha value is -3.42. The topological polar surface area (TPSA) is 123 Å². The average Bonchev–Trinajstić information content (AvgIpc) is 2.78. The van der Waals surface area contributed by atoms with Crippen LogP contribution in [0.1, 0.15) is 54.6 Å². The lowest BCUT2D eigenvalue weighted by atomic mass is 9.53. The van der Waals surface area contributed by atoms with Crippen molar-refractivity contribution < 1.29 is 4.79 Å². The van der Waals surface area contributed by atoms with Crippen LogP contribution in [0.5, 0.6) is 0 Å². The number of nitrogens with two attached hydrogens (primary N) is 2. The number of carbonyl (C=O) groups is 1. The number of benzene rings is 1. The first-order valence-corrected chi connectivity index (χ1v) is 12.2. The molecule has 1 aromatic carbocycles. The molecule has 4 fully saturated rings. The summed E-state index contributed by atoms with van der Waals surface area (Å²) in [4.78, 5) is 28.0. The Kier molecular flexibility index (Phi) is 4.86. The Labute approximate surface area is 199 Å². The van der Waals surface area contributed by atoms with E-state index in [0.717, 1.165) is 54.0 Å². The molecule has 2 aromatic heterocycles. The van der Waals surface area contributed by atoms with Crippen LogP contribution in [0.3, 0.4) is 0 Å². The highest BCUT2D eigenvalue weighted by Gasteiger charge is 2.51. The van der Waals surface area contributed by atoms with Gasteiger partial charge in [0.05, 0.1) is 17.8 Å². The third-order valence-corrected chi connectivity index (χ3v) is 8.03. The number of nitrogen functional groups attached to an aromatic ring is 2. The van der Waals surface area contributed by atoms with E-state index in [1.807, 2.05) is 43.4 Å². The molecule has 4 aliphatic carbocycles. The summed E-state index contributed by atoms with van der Waals surface area (Å²) in [7, 11) is 2.00. The van der Waals surface area contributed by atoms with Crippen LogP contribution in [0.25, 0.3) is 11.0 Å². The number of hydrogen-bond donors (Lipinski definition) is 3. The molecule has 4 saturated carbocycles. The van der Waals surface area contributed by atoms with Crippen molar-refractivity contribution >= 4 is 34.4 Å². The van der Waals surface area contributed by atoms with Gasteiger partial charge in [-0.25, -0.2) is 9.97 Å². The lowest BCUT2D eigenvalue weighted by Gasteiger charge is -2.56. The van der Waals surface area contributed by atoms with Crippen LogP contribution in [0.2, 0.25) is 0 Å². The molecule has 3 aromatic rings. The normalized spacial score (nSPS) is 27.1. The van der Waals surface area contributed by atoms with Gasteiger partial charge in [0.15, 0.2) is 5.82 Å². The van der Waals surface area contributed by atoms with Crippen LogP contribution in [-0.4, -0.2) is 33.4 Å². The Morgan fingerprint density at radius 1 is 0.971 bits per heavy atom. The molecule has 0 aliphatic heterocycles. The molecule has 0 radical (unpaired) electrons. The number of amides is 1. The van der Waals surface area contributed by atoms with Crippen molar-refractivity contribution in [1.29, 1.82) is 0 Å². The van der Waals surface area contributed by atoms with Crippen molar-refractivity contribution in [3.63, 3.8) is 0 Å². The maximum absolute atomic E-state index is 13.1. The Bertz CT molecular complexity index is 1220. The SMILES string of the molecule is CN(Cc1ccc2nc(N)nc(N)c2n1)c1ccc(C(=O)NC23CC4CC(CC(C4)C2)C3)cc1. The molecular formula is C26H31N7O. The number of aromatic nitrogens is 3. The summed E-state index contributed by atoms with van der Waals surface area (Å²) in [6.07, 6.45) is 7.59. The third-order valence-electron chi connectivity index (χ3n) is 8.03. The predicted molar refractivity (Wildman–Crippen MR) is 133 cm³/mol. The smallest absolute Gasteiger partial charge is 0.251 e. The van der Waals surface area contributed by atoms with Gasteiger partial charge in [-0.15, -0.1) is 0 Å². The molecular weight excluding hydrogens is 426 g/mol. The highest BCUT2D eigenvalue weighted by atomic mass is 16.1. The summed E-state index contributed by atoms with van der Waals surface area (Å²) >= 11 is 0. The molecule has 7 rings (SSSR count). The molecule has 0 unspecified atom stereocenters. The zero-order valence-electron chi connectivity index (χ0n) is 19.5.